The van der Waals surface area contributed by atoms with Crippen molar-refractivity contribution in [2.75, 3.05) is 10.6 Å². The highest BCUT2D eigenvalue weighted by Crippen LogP contribution is 2.22. The molecule has 0 unspecified atom stereocenters. The van der Waals surface area contributed by atoms with Crippen molar-refractivity contribution in [3.8, 4) is 0 Å². The molecule has 1 atom stereocenters. The predicted octanol–water partition coefficient (Wildman–Crippen LogP) is 5.60. The Labute approximate surface area is 131 Å². The molecule has 2 nitrogen and oxygen atoms in total. The molecule has 110 valence electrons. The maximum Gasteiger partial charge on any atom is 0.0485 e. The number of nitrogens with one attached hydrogen (secondary N) is 2. The Hall–Kier alpha value is -2.74. The van der Waals surface area contributed by atoms with Crippen molar-refractivity contribution in [3.63, 3.8) is 0 Å². The zero-order valence-electron chi connectivity index (χ0n) is 12.7. The zero-order valence-corrected chi connectivity index (χ0v) is 12.7. The van der Waals surface area contributed by atoms with Gasteiger partial charge in [-0.3, -0.25) is 0 Å². The Morgan fingerprint density at radius 3 is 1.73 bits per heavy atom. The summed E-state index contributed by atoms with van der Waals surface area (Å²) in [5.74, 6) is 0. The summed E-state index contributed by atoms with van der Waals surface area (Å²) < 4.78 is 0. The highest BCUT2D eigenvalue weighted by atomic mass is 14.9. The molecule has 0 aliphatic rings. The van der Waals surface area contributed by atoms with Gasteiger partial charge in [-0.15, -0.1) is 0 Å². The lowest BCUT2D eigenvalue weighted by Gasteiger charge is -2.16. The van der Waals surface area contributed by atoms with Crippen LogP contribution >= 0.6 is 0 Å². The molecule has 3 aromatic carbocycles. The molecule has 0 bridgehead atoms. The van der Waals surface area contributed by atoms with Crippen LogP contribution in [-0.4, -0.2) is 0 Å². The van der Waals surface area contributed by atoms with E-state index in [-0.39, 0.29) is 6.04 Å². The second kappa shape index (κ2) is 6.81. The smallest absolute Gasteiger partial charge is 0.0485 e. The lowest BCUT2D eigenvalue weighted by molar-refractivity contribution is 0.885. The lowest BCUT2D eigenvalue weighted by atomic mass is 10.1. The Morgan fingerprint density at radius 2 is 1.09 bits per heavy atom. The SMILES string of the molecule is C[C@H](Nc1ccc(Nc2ccccc2)cc1)c1ccccc1. The molecule has 0 aliphatic heterocycles. The lowest BCUT2D eigenvalue weighted by Crippen LogP contribution is -2.06. The molecule has 2 N–H and O–H groups in total. The van der Waals surface area contributed by atoms with E-state index in [1.165, 1.54) is 5.56 Å². The van der Waals surface area contributed by atoms with Gasteiger partial charge in [0.1, 0.15) is 0 Å². The molecule has 3 aromatic rings. The van der Waals surface area contributed by atoms with Crippen LogP contribution in [0, 0.1) is 0 Å². The van der Waals surface area contributed by atoms with Crippen LogP contribution in [0.4, 0.5) is 17.1 Å². The Kier molecular flexibility index (Phi) is 4.40. The van der Waals surface area contributed by atoms with E-state index in [0.29, 0.717) is 0 Å². The van der Waals surface area contributed by atoms with Crippen molar-refractivity contribution >= 4 is 17.1 Å². The molecule has 0 amide bonds. The highest BCUT2D eigenvalue weighted by molar-refractivity contribution is 5.62. The summed E-state index contributed by atoms with van der Waals surface area (Å²) in [5.41, 5.74) is 4.59. The molecule has 3 rings (SSSR count). The van der Waals surface area contributed by atoms with Gasteiger partial charge in [-0.1, -0.05) is 48.5 Å². The molecule has 0 radical (unpaired) electrons. The van der Waals surface area contributed by atoms with Crippen LogP contribution in [0.2, 0.25) is 0 Å². The van der Waals surface area contributed by atoms with Gasteiger partial charge in [0.2, 0.25) is 0 Å². The van der Waals surface area contributed by atoms with Gasteiger partial charge >= 0.3 is 0 Å². The predicted molar refractivity (Wildman–Crippen MR) is 94.6 cm³/mol. The van der Waals surface area contributed by atoms with Crippen molar-refractivity contribution in [1.82, 2.24) is 0 Å². The quantitative estimate of drug-likeness (QED) is 0.638. The first-order chi connectivity index (χ1) is 10.8. The van der Waals surface area contributed by atoms with Gasteiger partial charge in [0.25, 0.3) is 0 Å². The second-order valence-electron chi connectivity index (χ2n) is 5.35. The highest BCUT2D eigenvalue weighted by Gasteiger charge is 2.04. The second-order valence-corrected chi connectivity index (χ2v) is 5.35. The minimum absolute atomic E-state index is 0.286. The van der Waals surface area contributed by atoms with E-state index in [1.54, 1.807) is 0 Å². The van der Waals surface area contributed by atoms with Gasteiger partial charge in [-0.05, 0) is 48.9 Å². The monoisotopic (exact) mass is 288 g/mol. The van der Waals surface area contributed by atoms with E-state index < -0.39 is 0 Å². The van der Waals surface area contributed by atoms with E-state index in [9.17, 15) is 0 Å². The molecule has 22 heavy (non-hydrogen) atoms. The summed E-state index contributed by atoms with van der Waals surface area (Å²) in [6.45, 7) is 2.17. The summed E-state index contributed by atoms with van der Waals surface area (Å²) in [7, 11) is 0. The van der Waals surface area contributed by atoms with Crippen LogP contribution < -0.4 is 10.6 Å². The van der Waals surface area contributed by atoms with Gasteiger partial charge in [-0.25, -0.2) is 0 Å². The fourth-order valence-corrected chi connectivity index (χ4v) is 2.41. The average molecular weight is 288 g/mol. The van der Waals surface area contributed by atoms with Crippen LogP contribution in [0.5, 0.6) is 0 Å². The Morgan fingerprint density at radius 1 is 0.591 bits per heavy atom. The first-order valence-electron chi connectivity index (χ1n) is 7.55. The summed E-state index contributed by atoms with van der Waals surface area (Å²) in [5, 5.41) is 6.91. The Balaban J connectivity index is 1.64. The maximum atomic E-state index is 3.52. The summed E-state index contributed by atoms with van der Waals surface area (Å²) in [6.07, 6.45) is 0. The molecular weight excluding hydrogens is 268 g/mol. The van der Waals surface area contributed by atoms with Crippen molar-refractivity contribution < 1.29 is 0 Å². The van der Waals surface area contributed by atoms with Gasteiger partial charge in [0.05, 0.1) is 0 Å². The van der Waals surface area contributed by atoms with E-state index in [1.807, 2.05) is 24.3 Å². The van der Waals surface area contributed by atoms with Crippen molar-refractivity contribution in [1.29, 1.82) is 0 Å². The number of hydrogen-bond donors (Lipinski definition) is 2. The van der Waals surface area contributed by atoms with E-state index in [2.05, 4.69) is 78.2 Å². The molecular formula is C20H20N2. The van der Waals surface area contributed by atoms with Crippen molar-refractivity contribution in [3.05, 3.63) is 90.5 Å². The van der Waals surface area contributed by atoms with Gasteiger partial charge in [0.15, 0.2) is 0 Å². The third-order valence-corrected chi connectivity index (χ3v) is 3.63. The first kappa shape index (κ1) is 14.2. The number of rotatable bonds is 5. The largest absolute Gasteiger partial charge is 0.379 e. The van der Waals surface area contributed by atoms with Gasteiger partial charge in [0, 0.05) is 23.1 Å². The number of para-hydroxylation sites is 1. The summed E-state index contributed by atoms with van der Waals surface area (Å²) >= 11 is 0. The van der Waals surface area contributed by atoms with Crippen LogP contribution in [-0.2, 0) is 0 Å². The van der Waals surface area contributed by atoms with Crippen LogP contribution in [0.15, 0.2) is 84.9 Å². The van der Waals surface area contributed by atoms with E-state index in [4.69, 9.17) is 0 Å². The average Bonchev–Trinajstić information content (AvgIpc) is 2.58. The number of benzene rings is 3. The standard InChI is InChI=1S/C20H20N2/c1-16(17-8-4-2-5-9-17)21-19-12-14-20(15-13-19)22-18-10-6-3-7-11-18/h2-16,21-22H,1H3/t16-/m0/s1. The zero-order chi connectivity index (χ0) is 15.2. The minimum atomic E-state index is 0.286. The fraction of sp³-hybridized carbons (Fsp3) is 0.100. The molecule has 2 heteroatoms. The molecule has 0 aliphatic carbocycles. The van der Waals surface area contributed by atoms with E-state index in [0.717, 1.165) is 17.1 Å². The van der Waals surface area contributed by atoms with Crippen LogP contribution in [0.1, 0.15) is 18.5 Å². The van der Waals surface area contributed by atoms with Crippen LogP contribution in [0.3, 0.4) is 0 Å². The molecule has 0 aromatic heterocycles. The van der Waals surface area contributed by atoms with Crippen molar-refractivity contribution in [2.24, 2.45) is 0 Å². The first-order valence-corrected chi connectivity index (χ1v) is 7.55. The van der Waals surface area contributed by atoms with Gasteiger partial charge < -0.3 is 10.6 Å². The molecule has 0 heterocycles. The van der Waals surface area contributed by atoms with Gasteiger partial charge in [-0.2, -0.15) is 0 Å². The fourth-order valence-electron chi connectivity index (χ4n) is 2.41. The number of hydrogen-bond acceptors (Lipinski definition) is 2. The molecule has 0 spiro atoms. The van der Waals surface area contributed by atoms with E-state index >= 15 is 0 Å². The third kappa shape index (κ3) is 3.67. The third-order valence-electron chi connectivity index (χ3n) is 3.63. The Bertz CT molecular complexity index is 691. The summed E-state index contributed by atoms with van der Waals surface area (Å²) in [4.78, 5) is 0. The molecule has 0 saturated carbocycles. The molecule has 0 saturated heterocycles. The van der Waals surface area contributed by atoms with Crippen molar-refractivity contribution in [2.45, 2.75) is 13.0 Å². The number of anilines is 3. The summed E-state index contributed by atoms with van der Waals surface area (Å²) in [6, 6.07) is 29.3. The topological polar surface area (TPSA) is 24.1 Å². The maximum absolute atomic E-state index is 3.52. The molecule has 0 fully saturated rings. The normalized spacial score (nSPS) is 11.7. The minimum Gasteiger partial charge on any atom is -0.379 e. The van der Waals surface area contributed by atoms with Crippen LogP contribution in [0.25, 0.3) is 0 Å².